The molecular weight excluding hydrogens is 292 g/mol. The predicted octanol–water partition coefficient (Wildman–Crippen LogP) is 2.04. The number of ether oxygens (including phenoxy) is 1. The number of aryl methyl sites for hydroxylation is 2. The standard InChI is InChI=1S/C18H22N2O3/c1-12-5-4-6-15-13(2)11-16(21)20(17(12)15)14(3)18(22)19-7-9-23-10-8-19/h4-6,11,14H,7-10H2,1-3H3/t14-/m1/s1. The number of carbonyl (C=O) groups is 1. The van der Waals surface area contributed by atoms with Gasteiger partial charge < -0.3 is 9.64 Å². The first-order chi connectivity index (χ1) is 11.0. The molecule has 1 aliphatic rings. The molecule has 3 rings (SSSR count). The molecule has 5 heteroatoms. The normalized spacial score (nSPS) is 16.6. The molecule has 1 amide bonds. The zero-order chi connectivity index (χ0) is 16.6. The minimum atomic E-state index is -0.523. The molecule has 1 aromatic heterocycles. The van der Waals surface area contributed by atoms with Crippen LogP contribution in [0.5, 0.6) is 0 Å². The van der Waals surface area contributed by atoms with Crippen molar-refractivity contribution in [1.82, 2.24) is 9.47 Å². The van der Waals surface area contributed by atoms with E-state index in [-0.39, 0.29) is 11.5 Å². The minimum absolute atomic E-state index is 0.0243. The van der Waals surface area contributed by atoms with Crippen LogP contribution in [0.2, 0.25) is 0 Å². The Hall–Kier alpha value is -2.14. The maximum atomic E-state index is 12.8. The molecule has 0 radical (unpaired) electrons. The molecule has 1 fully saturated rings. The Kier molecular flexibility index (Phi) is 4.22. The van der Waals surface area contributed by atoms with Gasteiger partial charge in [0.05, 0.1) is 18.7 Å². The van der Waals surface area contributed by atoms with E-state index in [9.17, 15) is 9.59 Å². The third kappa shape index (κ3) is 2.77. The summed E-state index contributed by atoms with van der Waals surface area (Å²) in [5, 5.41) is 1.02. The van der Waals surface area contributed by atoms with Gasteiger partial charge in [-0.1, -0.05) is 18.2 Å². The van der Waals surface area contributed by atoms with Crippen molar-refractivity contribution < 1.29 is 9.53 Å². The molecule has 2 heterocycles. The maximum Gasteiger partial charge on any atom is 0.252 e. The van der Waals surface area contributed by atoms with E-state index in [2.05, 4.69) is 0 Å². The van der Waals surface area contributed by atoms with E-state index in [4.69, 9.17) is 4.74 Å². The Bertz CT molecular complexity index is 804. The number of fused-ring (bicyclic) bond motifs is 1. The number of para-hydroxylation sites is 1. The van der Waals surface area contributed by atoms with Crippen LogP contribution in [0.3, 0.4) is 0 Å². The fourth-order valence-electron chi connectivity index (χ4n) is 3.28. The monoisotopic (exact) mass is 314 g/mol. The number of carbonyl (C=O) groups excluding carboxylic acids is 1. The summed E-state index contributed by atoms with van der Waals surface area (Å²) in [6.45, 7) is 8.00. The lowest BCUT2D eigenvalue weighted by atomic mass is 10.0. The lowest BCUT2D eigenvalue weighted by Crippen LogP contribution is -2.45. The molecule has 2 aromatic rings. The van der Waals surface area contributed by atoms with Crippen molar-refractivity contribution in [3.05, 3.63) is 45.7 Å². The van der Waals surface area contributed by atoms with Crippen molar-refractivity contribution in [3.63, 3.8) is 0 Å². The van der Waals surface area contributed by atoms with Gasteiger partial charge >= 0.3 is 0 Å². The number of hydrogen-bond acceptors (Lipinski definition) is 3. The van der Waals surface area contributed by atoms with Gasteiger partial charge in [-0.25, -0.2) is 0 Å². The van der Waals surface area contributed by atoms with E-state index in [1.54, 1.807) is 22.5 Å². The van der Waals surface area contributed by atoms with E-state index >= 15 is 0 Å². The summed E-state index contributed by atoms with van der Waals surface area (Å²) < 4.78 is 6.94. The molecule has 0 aliphatic carbocycles. The van der Waals surface area contributed by atoms with Crippen molar-refractivity contribution in [1.29, 1.82) is 0 Å². The Labute approximate surface area is 135 Å². The number of aromatic nitrogens is 1. The van der Waals surface area contributed by atoms with Crippen LogP contribution >= 0.6 is 0 Å². The van der Waals surface area contributed by atoms with Crippen LogP contribution in [0.25, 0.3) is 10.9 Å². The number of rotatable bonds is 2. The van der Waals surface area contributed by atoms with Crippen LogP contribution in [0.15, 0.2) is 29.1 Å². The number of hydrogen-bond donors (Lipinski definition) is 0. The zero-order valence-corrected chi connectivity index (χ0v) is 13.8. The molecule has 23 heavy (non-hydrogen) atoms. The van der Waals surface area contributed by atoms with Crippen molar-refractivity contribution in [2.45, 2.75) is 26.8 Å². The second-order valence-electron chi connectivity index (χ2n) is 6.12. The van der Waals surface area contributed by atoms with Gasteiger partial charge in [-0.05, 0) is 31.9 Å². The van der Waals surface area contributed by atoms with Crippen LogP contribution < -0.4 is 5.56 Å². The molecule has 1 aliphatic heterocycles. The Balaban J connectivity index is 2.11. The first-order valence-corrected chi connectivity index (χ1v) is 7.98. The smallest absolute Gasteiger partial charge is 0.252 e. The van der Waals surface area contributed by atoms with Gasteiger partial charge in [0.2, 0.25) is 5.91 Å². The first kappa shape index (κ1) is 15.7. The van der Waals surface area contributed by atoms with Crippen molar-refractivity contribution in [2.24, 2.45) is 0 Å². The third-order valence-corrected chi connectivity index (χ3v) is 4.55. The fraction of sp³-hybridized carbons (Fsp3) is 0.444. The fourth-order valence-corrected chi connectivity index (χ4v) is 3.28. The highest BCUT2D eigenvalue weighted by molar-refractivity contribution is 5.88. The number of morpholine rings is 1. The Morgan fingerprint density at radius 2 is 1.87 bits per heavy atom. The van der Waals surface area contributed by atoms with Crippen molar-refractivity contribution in [3.8, 4) is 0 Å². The van der Waals surface area contributed by atoms with Crippen LogP contribution in [0.1, 0.15) is 24.1 Å². The van der Waals surface area contributed by atoms with E-state index in [0.717, 1.165) is 22.0 Å². The van der Waals surface area contributed by atoms with E-state index < -0.39 is 6.04 Å². The summed E-state index contributed by atoms with van der Waals surface area (Å²) in [5.74, 6) is -0.0243. The number of amides is 1. The lowest BCUT2D eigenvalue weighted by Gasteiger charge is -2.30. The van der Waals surface area contributed by atoms with Gasteiger partial charge in [0.1, 0.15) is 6.04 Å². The summed E-state index contributed by atoms with van der Waals surface area (Å²) in [7, 11) is 0. The molecule has 0 unspecified atom stereocenters. The molecule has 0 saturated carbocycles. The van der Waals surface area contributed by atoms with E-state index in [0.29, 0.717) is 26.3 Å². The molecule has 1 saturated heterocycles. The van der Waals surface area contributed by atoms with Crippen LogP contribution in [0, 0.1) is 13.8 Å². The summed E-state index contributed by atoms with van der Waals surface area (Å²) in [4.78, 5) is 27.2. The largest absolute Gasteiger partial charge is 0.378 e. The van der Waals surface area contributed by atoms with Crippen molar-refractivity contribution in [2.75, 3.05) is 26.3 Å². The Morgan fingerprint density at radius 1 is 1.17 bits per heavy atom. The average Bonchev–Trinajstić information content (AvgIpc) is 2.55. The number of nitrogens with zero attached hydrogens (tertiary/aromatic N) is 2. The quantitative estimate of drug-likeness (QED) is 0.852. The SMILES string of the molecule is Cc1cc(=O)n([C@H](C)C(=O)N2CCOCC2)c2c(C)cccc12. The van der Waals surface area contributed by atoms with Crippen LogP contribution in [-0.4, -0.2) is 41.7 Å². The molecule has 122 valence electrons. The Morgan fingerprint density at radius 3 is 2.57 bits per heavy atom. The highest BCUT2D eigenvalue weighted by Gasteiger charge is 2.26. The molecular formula is C18H22N2O3. The minimum Gasteiger partial charge on any atom is -0.378 e. The van der Waals surface area contributed by atoms with Crippen LogP contribution in [-0.2, 0) is 9.53 Å². The van der Waals surface area contributed by atoms with Crippen molar-refractivity contribution >= 4 is 16.8 Å². The van der Waals surface area contributed by atoms with Crippen LogP contribution in [0.4, 0.5) is 0 Å². The lowest BCUT2D eigenvalue weighted by molar-refractivity contribution is -0.138. The van der Waals surface area contributed by atoms with Gasteiger partial charge in [0, 0.05) is 24.5 Å². The number of pyridine rings is 1. The van der Waals surface area contributed by atoms with E-state index in [1.807, 2.05) is 32.0 Å². The number of benzene rings is 1. The topological polar surface area (TPSA) is 51.5 Å². The summed E-state index contributed by atoms with van der Waals surface area (Å²) >= 11 is 0. The second kappa shape index (κ2) is 6.16. The summed E-state index contributed by atoms with van der Waals surface area (Å²) in [6, 6.07) is 7.05. The zero-order valence-electron chi connectivity index (χ0n) is 13.8. The predicted molar refractivity (Wildman–Crippen MR) is 89.8 cm³/mol. The highest BCUT2D eigenvalue weighted by Crippen LogP contribution is 2.23. The molecule has 0 N–H and O–H groups in total. The summed E-state index contributed by atoms with van der Waals surface area (Å²) in [5.41, 5.74) is 2.67. The van der Waals surface area contributed by atoms with Gasteiger partial charge in [-0.15, -0.1) is 0 Å². The van der Waals surface area contributed by atoms with Gasteiger partial charge in [0.15, 0.2) is 0 Å². The third-order valence-electron chi connectivity index (χ3n) is 4.55. The molecule has 1 aromatic carbocycles. The highest BCUT2D eigenvalue weighted by atomic mass is 16.5. The van der Waals surface area contributed by atoms with Gasteiger partial charge in [-0.3, -0.25) is 14.2 Å². The first-order valence-electron chi connectivity index (χ1n) is 7.98. The van der Waals surface area contributed by atoms with Gasteiger partial charge in [0.25, 0.3) is 5.56 Å². The maximum absolute atomic E-state index is 12.8. The average molecular weight is 314 g/mol. The second-order valence-corrected chi connectivity index (χ2v) is 6.12. The molecule has 0 spiro atoms. The molecule has 1 atom stereocenters. The molecule has 5 nitrogen and oxygen atoms in total. The molecule has 0 bridgehead atoms. The summed E-state index contributed by atoms with van der Waals surface area (Å²) in [6.07, 6.45) is 0. The van der Waals surface area contributed by atoms with E-state index in [1.165, 1.54) is 0 Å². The van der Waals surface area contributed by atoms with Gasteiger partial charge in [-0.2, -0.15) is 0 Å².